The summed E-state index contributed by atoms with van der Waals surface area (Å²) in [5, 5.41) is 0. The molecule has 2 rings (SSSR count). The largest absolute Gasteiger partial charge is 0.305 e. The Morgan fingerprint density at radius 2 is 1.88 bits per heavy atom. The number of rotatable bonds is 1. The van der Waals surface area contributed by atoms with Gasteiger partial charge in [0.15, 0.2) is 0 Å². The van der Waals surface area contributed by atoms with Crippen molar-refractivity contribution in [1.29, 1.82) is 0 Å². The average molecular weight is 210 g/mol. The molecule has 0 bridgehead atoms. The molecule has 0 atom stereocenters. The van der Waals surface area contributed by atoms with Crippen LogP contribution < -0.4 is 0 Å². The third kappa shape index (κ3) is 2.30. The van der Waals surface area contributed by atoms with Gasteiger partial charge in [-0.1, -0.05) is 32.9 Å². The van der Waals surface area contributed by atoms with Crippen molar-refractivity contribution in [2.24, 2.45) is 0 Å². The smallest absolute Gasteiger partial charge is 0.0160 e. The van der Waals surface area contributed by atoms with E-state index in [1.54, 1.807) is 6.20 Å². The second kappa shape index (κ2) is 4.09. The molecule has 1 nitrogen and oxygen atoms in total. The van der Waals surface area contributed by atoms with Crippen LogP contribution >= 0.6 is 0 Å². The molecule has 0 spiro atoms. The molecule has 0 aliphatic rings. The van der Waals surface area contributed by atoms with Crippen LogP contribution in [0.5, 0.6) is 0 Å². The van der Waals surface area contributed by atoms with Crippen molar-refractivity contribution >= 4 is 0 Å². The molecule has 0 fully saturated rings. The van der Waals surface area contributed by atoms with Gasteiger partial charge < -0.3 is 4.98 Å². The fourth-order valence-corrected chi connectivity index (χ4v) is 1.57. The summed E-state index contributed by atoms with van der Waals surface area (Å²) >= 11 is 0. The Morgan fingerprint density at radius 3 is 2.38 bits per heavy atom. The third-order valence-corrected chi connectivity index (χ3v) is 2.62. The van der Waals surface area contributed by atoms with E-state index in [9.17, 15) is 0 Å². The monoisotopic (exact) mass is 210 g/mol. The van der Waals surface area contributed by atoms with Gasteiger partial charge in [0.2, 0.25) is 0 Å². The van der Waals surface area contributed by atoms with E-state index < -0.39 is 0 Å². The summed E-state index contributed by atoms with van der Waals surface area (Å²) in [6, 6.07) is 15.5. The first-order valence-electron chi connectivity index (χ1n) is 5.51. The summed E-state index contributed by atoms with van der Waals surface area (Å²) in [5.74, 6) is 0. The van der Waals surface area contributed by atoms with Gasteiger partial charge in [-0.2, -0.15) is 0 Å². The Labute approximate surface area is 97.2 Å². The van der Waals surface area contributed by atoms with Crippen molar-refractivity contribution in [3.05, 3.63) is 54.2 Å². The summed E-state index contributed by atoms with van der Waals surface area (Å²) in [6.45, 7) is 6.61. The van der Waals surface area contributed by atoms with E-state index in [4.69, 9.17) is 0 Å². The van der Waals surface area contributed by atoms with Crippen LogP contribution in [0, 0.1) is 6.07 Å². The van der Waals surface area contributed by atoms with E-state index >= 15 is 0 Å². The number of nitrogens with zero attached hydrogens (tertiary/aromatic N) is 1. The predicted octanol–water partition coefficient (Wildman–Crippen LogP) is 3.85. The molecule has 0 amide bonds. The Bertz CT molecular complexity index is 449. The maximum atomic E-state index is 4.31. The van der Waals surface area contributed by atoms with Crippen LogP contribution in [0.2, 0.25) is 0 Å². The maximum absolute atomic E-state index is 4.31. The predicted molar refractivity (Wildman–Crippen MR) is 67.2 cm³/mol. The van der Waals surface area contributed by atoms with Crippen LogP contribution in [-0.2, 0) is 5.41 Å². The van der Waals surface area contributed by atoms with Crippen molar-refractivity contribution in [3.63, 3.8) is 0 Å². The highest BCUT2D eigenvalue weighted by Gasteiger charge is 2.08. The molecular formula is C15H16N-. The van der Waals surface area contributed by atoms with Gasteiger partial charge in [0.25, 0.3) is 0 Å². The second-order valence-electron chi connectivity index (χ2n) is 4.96. The van der Waals surface area contributed by atoms with Crippen molar-refractivity contribution in [3.8, 4) is 11.3 Å². The van der Waals surface area contributed by atoms with Gasteiger partial charge in [-0.15, -0.1) is 35.4 Å². The number of benzene rings is 1. The lowest BCUT2D eigenvalue weighted by atomic mass is 9.86. The lowest BCUT2D eigenvalue weighted by Gasteiger charge is -2.24. The first-order chi connectivity index (χ1) is 7.57. The van der Waals surface area contributed by atoms with E-state index in [1.165, 1.54) is 5.56 Å². The minimum atomic E-state index is 0.180. The Kier molecular flexibility index (Phi) is 2.78. The standard InChI is InChI=1S/C15H16N/c1-15(2,3)13-9-7-12(8-10-13)14-6-4-5-11-16-14/h4-7,9-11H,1-3H3/q-1. The summed E-state index contributed by atoms with van der Waals surface area (Å²) in [6.07, 6.45) is 1.81. The molecule has 0 unspecified atom stereocenters. The van der Waals surface area contributed by atoms with Crippen molar-refractivity contribution in [1.82, 2.24) is 4.98 Å². The zero-order chi connectivity index (χ0) is 11.6. The molecule has 0 N–H and O–H groups in total. The SMILES string of the molecule is CC(C)(C)c1c[c-]c(-c2ccccn2)cc1. The molecule has 2 aromatic rings. The van der Waals surface area contributed by atoms with E-state index in [-0.39, 0.29) is 5.41 Å². The van der Waals surface area contributed by atoms with Crippen LogP contribution in [0.3, 0.4) is 0 Å². The Morgan fingerprint density at radius 1 is 1.06 bits per heavy atom. The van der Waals surface area contributed by atoms with Crippen LogP contribution in [0.15, 0.2) is 42.6 Å². The number of pyridine rings is 1. The molecule has 1 heteroatoms. The lowest BCUT2D eigenvalue weighted by Crippen LogP contribution is -2.10. The van der Waals surface area contributed by atoms with Crippen molar-refractivity contribution < 1.29 is 0 Å². The summed E-state index contributed by atoms with van der Waals surface area (Å²) < 4.78 is 0. The molecule has 0 saturated heterocycles. The minimum absolute atomic E-state index is 0.180. The molecule has 0 saturated carbocycles. The van der Waals surface area contributed by atoms with E-state index in [2.05, 4.69) is 50.0 Å². The fourth-order valence-electron chi connectivity index (χ4n) is 1.57. The van der Waals surface area contributed by atoms with Gasteiger partial charge in [0.05, 0.1) is 0 Å². The highest BCUT2D eigenvalue weighted by Crippen LogP contribution is 2.24. The minimum Gasteiger partial charge on any atom is -0.305 e. The Hall–Kier alpha value is -1.63. The maximum Gasteiger partial charge on any atom is 0.0160 e. The van der Waals surface area contributed by atoms with Crippen molar-refractivity contribution in [2.45, 2.75) is 26.2 Å². The van der Waals surface area contributed by atoms with E-state index in [1.807, 2.05) is 18.2 Å². The summed E-state index contributed by atoms with van der Waals surface area (Å²) in [7, 11) is 0. The van der Waals surface area contributed by atoms with Crippen molar-refractivity contribution in [2.75, 3.05) is 0 Å². The number of aromatic nitrogens is 1. The van der Waals surface area contributed by atoms with Crippen LogP contribution in [0.25, 0.3) is 11.3 Å². The topological polar surface area (TPSA) is 12.9 Å². The normalized spacial score (nSPS) is 11.4. The number of hydrogen-bond acceptors (Lipinski definition) is 1. The molecule has 16 heavy (non-hydrogen) atoms. The molecule has 1 aromatic carbocycles. The van der Waals surface area contributed by atoms with E-state index in [0.717, 1.165) is 11.3 Å². The summed E-state index contributed by atoms with van der Waals surface area (Å²) in [5.41, 5.74) is 3.50. The van der Waals surface area contributed by atoms with E-state index in [0.29, 0.717) is 0 Å². The quantitative estimate of drug-likeness (QED) is 0.651. The molecule has 0 aliphatic carbocycles. The molecular weight excluding hydrogens is 194 g/mol. The fraction of sp³-hybridized carbons (Fsp3) is 0.267. The molecule has 1 aromatic heterocycles. The van der Waals surface area contributed by atoms with Gasteiger partial charge in [-0.3, -0.25) is 0 Å². The van der Waals surface area contributed by atoms with Gasteiger partial charge >= 0.3 is 0 Å². The average Bonchev–Trinajstić information content (AvgIpc) is 2.29. The van der Waals surface area contributed by atoms with Crippen LogP contribution in [0.4, 0.5) is 0 Å². The van der Waals surface area contributed by atoms with Crippen LogP contribution in [0.1, 0.15) is 26.3 Å². The first kappa shape index (κ1) is 10.9. The van der Waals surface area contributed by atoms with Gasteiger partial charge in [-0.25, -0.2) is 0 Å². The van der Waals surface area contributed by atoms with Crippen LogP contribution in [-0.4, -0.2) is 4.98 Å². The third-order valence-electron chi connectivity index (χ3n) is 2.62. The zero-order valence-corrected chi connectivity index (χ0v) is 9.99. The van der Waals surface area contributed by atoms with Gasteiger partial charge in [0, 0.05) is 6.20 Å². The first-order valence-corrected chi connectivity index (χ1v) is 5.51. The molecule has 0 radical (unpaired) electrons. The highest BCUT2D eigenvalue weighted by molar-refractivity contribution is 5.58. The lowest BCUT2D eigenvalue weighted by molar-refractivity contribution is 0.590. The second-order valence-corrected chi connectivity index (χ2v) is 4.96. The highest BCUT2D eigenvalue weighted by atomic mass is 14.7. The van der Waals surface area contributed by atoms with Gasteiger partial charge in [-0.05, 0) is 17.2 Å². The molecule has 1 heterocycles. The molecule has 0 aliphatic heterocycles. The Balaban J connectivity index is 2.34. The van der Waals surface area contributed by atoms with Gasteiger partial charge in [0.1, 0.15) is 0 Å². The zero-order valence-electron chi connectivity index (χ0n) is 9.99. The molecule has 82 valence electrons. The number of hydrogen-bond donors (Lipinski definition) is 0. The summed E-state index contributed by atoms with van der Waals surface area (Å²) in [4.78, 5) is 4.31.